The van der Waals surface area contributed by atoms with Crippen molar-refractivity contribution in [2.75, 3.05) is 20.6 Å². The largest absolute Gasteiger partial charge is 0.392 e. The highest BCUT2D eigenvalue weighted by Crippen LogP contribution is 2.48. The van der Waals surface area contributed by atoms with Gasteiger partial charge in [0.2, 0.25) is 0 Å². The molecule has 7 atom stereocenters. The van der Waals surface area contributed by atoms with E-state index in [1.807, 2.05) is 6.08 Å². The summed E-state index contributed by atoms with van der Waals surface area (Å²) >= 11 is 0. The van der Waals surface area contributed by atoms with E-state index in [1.165, 1.54) is 51.5 Å². The zero-order valence-electron chi connectivity index (χ0n) is 18.4. The number of unbranched alkanes of at least 4 members (excludes halogenated alkanes) is 2. The third-order valence-corrected chi connectivity index (χ3v) is 7.73. The fourth-order valence-electron chi connectivity index (χ4n) is 5.94. The van der Waals surface area contributed by atoms with Crippen LogP contribution in [0.1, 0.15) is 71.1 Å². The summed E-state index contributed by atoms with van der Waals surface area (Å²) in [6.07, 6.45) is 18.1. The van der Waals surface area contributed by atoms with Gasteiger partial charge in [0.1, 0.15) is 0 Å². The van der Waals surface area contributed by atoms with Gasteiger partial charge in [-0.3, -0.25) is 0 Å². The van der Waals surface area contributed by atoms with E-state index in [0.29, 0.717) is 17.8 Å². The van der Waals surface area contributed by atoms with Crippen LogP contribution in [0.4, 0.5) is 0 Å². The molecule has 0 spiro atoms. The topological polar surface area (TPSA) is 43.7 Å². The van der Waals surface area contributed by atoms with Gasteiger partial charge < -0.3 is 15.1 Å². The molecular weight excluding hydrogens is 346 g/mol. The highest BCUT2D eigenvalue weighted by Gasteiger charge is 2.43. The summed E-state index contributed by atoms with van der Waals surface area (Å²) in [6.45, 7) is 3.45. The lowest BCUT2D eigenvalue weighted by atomic mass is 9.87. The Balaban J connectivity index is 1.45. The Morgan fingerprint density at radius 3 is 2.71 bits per heavy atom. The molecule has 0 saturated heterocycles. The molecule has 160 valence electrons. The molecule has 3 rings (SSSR count). The summed E-state index contributed by atoms with van der Waals surface area (Å²) in [4.78, 5) is 2.26. The van der Waals surface area contributed by atoms with E-state index in [2.05, 4.69) is 38.1 Å². The smallest absolute Gasteiger partial charge is 0.0749 e. The van der Waals surface area contributed by atoms with Gasteiger partial charge in [-0.1, -0.05) is 50.0 Å². The Labute approximate surface area is 172 Å². The molecule has 2 N–H and O–H groups in total. The maximum absolute atomic E-state index is 10.6. The molecule has 2 unspecified atom stereocenters. The van der Waals surface area contributed by atoms with Crippen LogP contribution in [-0.2, 0) is 0 Å². The predicted molar refractivity (Wildman–Crippen MR) is 117 cm³/mol. The van der Waals surface area contributed by atoms with Gasteiger partial charge in [0.05, 0.1) is 12.2 Å². The molecule has 3 nitrogen and oxygen atoms in total. The molecule has 3 aliphatic carbocycles. The fraction of sp³-hybridized carbons (Fsp3) is 0.840. The molecule has 0 aromatic heterocycles. The predicted octanol–water partition coefficient (Wildman–Crippen LogP) is 4.80. The van der Waals surface area contributed by atoms with E-state index in [0.717, 1.165) is 25.2 Å². The van der Waals surface area contributed by atoms with Crippen LogP contribution in [-0.4, -0.2) is 48.0 Å². The van der Waals surface area contributed by atoms with Crippen LogP contribution in [0.15, 0.2) is 23.8 Å². The van der Waals surface area contributed by atoms with Crippen LogP contribution < -0.4 is 0 Å². The third-order valence-electron chi connectivity index (χ3n) is 7.73. The van der Waals surface area contributed by atoms with Crippen LogP contribution in [0.25, 0.3) is 0 Å². The lowest BCUT2D eigenvalue weighted by Crippen LogP contribution is -2.20. The molecule has 0 aromatic rings. The molecule has 3 heteroatoms. The van der Waals surface area contributed by atoms with Crippen LogP contribution in [0, 0.1) is 29.6 Å². The van der Waals surface area contributed by atoms with Crippen molar-refractivity contribution in [3.63, 3.8) is 0 Å². The summed E-state index contributed by atoms with van der Waals surface area (Å²) in [5.74, 6) is 2.56. The minimum absolute atomic E-state index is 0.227. The highest BCUT2D eigenvalue weighted by molar-refractivity contribution is 5.21. The van der Waals surface area contributed by atoms with E-state index in [4.69, 9.17) is 0 Å². The molecule has 0 aromatic carbocycles. The van der Waals surface area contributed by atoms with Crippen LogP contribution >= 0.6 is 0 Å². The monoisotopic (exact) mass is 389 g/mol. The molecule has 3 aliphatic rings. The average Bonchev–Trinajstić information content (AvgIpc) is 3.34. The van der Waals surface area contributed by atoms with Crippen molar-refractivity contribution in [2.45, 2.75) is 83.3 Å². The van der Waals surface area contributed by atoms with Gasteiger partial charge >= 0.3 is 0 Å². The van der Waals surface area contributed by atoms with E-state index in [1.54, 1.807) is 5.57 Å². The molecule has 0 radical (unpaired) electrons. The minimum atomic E-state index is -0.326. The average molecular weight is 390 g/mol. The second kappa shape index (κ2) is 10.4. The molecule has 2 fully saturated rings. The van der Waals surface area contributed by atoms with Crippen LogP contribution in [0.3, 0.4) is 0 Å². The fourth-order valence-corrected chi connectivity index (χ4v) is 5.94. The lowest BCUT2D eigenvalue weighted by molar-refractivity contribution is 0.135. The zero-order valence-corrected chi connectivity index (χ0v) is 18.4. The highest BCUT2D eigenvalue weighted by atomic mass is 16.3. The van der Waals surface area contributed by atoms with Gasteiger partial charge in [-0.25, -0.2) is 0 Å². The third kappa shape index (κ3) is 5.70. The van der Waals surface area contributed by atoms with E-state index >= 15 is 0 Å². The van der Waals surface area contributed by atoms with Crippen molar-refractivity contribution in [1.29, 1.82) is 0 Å². The Morgan fingerprint density at radius 1 is 1.18 bits per heavy atom. The van der Waals surface area contributed by atoms with Crippen LogP contribution in [0.2, 0.25) is 0 Å². The Bertz CT molecular complexity index is 541. The second-order valence-electron chi connectivity index (χ2n) is 10.1. The summed E-state index contributed by atoms with van der Waals surface area (Å²) in [7, 11) is 4.29. The summed E-state index contributed by atoms with van der Waals surface area (Å²) in [5.41, 5.74) is 1.62. The molecule has 0 amide bonds. The first-order chi connectivity index (χ1) is 13.5. The van der Waals surface area contributed by atoms with Gasteiger partial charge in [-0.15, -0.1) is 0 Å². The van der Waals surface area contributed by atoms with Crippen molar-refractivity contribution in [1.82, 2.24) is 4.90 Å². The van der Waals surface area contributed by atoms with E-state index in [-0.39, 0.29) is 18.1 Å². The Morgan fingerprint density at radius 2 is 2.00 bits per heavy atom. The summed E-state index contributed by atoms with van der Waals surface area (Å²) in [6, 6.07) is 0. The summed E-state index contributed by atoms with van der Waals surface area (Å²) < 4.78 is 0. The number of rotatable bonds is 10. The number of allylic oxidation sites excluding steroid dienone is 2. The van der Waals surface area contributed by atoms with Crippen molar-refractivity contribution in [3.05, 3.63) is 23.8 Å². The first kappa shape index (κ1) is 22.1. The van der Waals surface area contributed by atoms with Gasteiger partial charge in [0.25, 0.3) is 0 Å². The number of aliphatic hydroxyl groups excluding tert-OH is 2. The molecule has 0 bridgehead atoms. The number of fused-ring (bicyclic) bond motifs is 1. The standard InChI is InChI=1S/C25H43NO2/c1-4-18-9-10-20(14-18)24(27)12-11-22-23-16-19(15-21(23)17-25(22)28)8-6-5-7-13-26(2)3/h11-12,15,18,20-25,27-28H,4-10,13-14,16-17H2,1-3H3/t18?,20?,21-,22+,23-,24+,25+/m0/s1. The maximum Gasteiger partial charge on any atom is 0.0749 e. The molecule has 2 saturated carbocycles. The minimum Gasteiger partial charge on any atom is -0.392 e. The van der Waals surface area contributed by atoms with Gasteiger partial charge in [-0.2, -0.15) is 0 Å². The summed E-state index contributed by atoms with van der Waals surface area (Å²) in [5, 5.41) is 21.2. The molecular formula is C25H43NO2. The maximum atomic E-state index is 10.6. The van der Waals surface area contributed by atoms with E-state index < -0.39 is 0 Å². The van der Waals surface area contributed by atoms with Gasteiger partial charge in [0.15, 0.2) is 0 Å². The van der Waals surface area contributed by atoms with Gasteiger partial charge in [0, 0.05) is 5.92 Å². The quantitative estimate of drug-likeness (QED) is 0.417. The number of aliphatic hydroxyl groups is 2. The number of hydrogen-bond acceptors (Lipinski definition) is 3. The lowest BCUT2D eigenvalue weighted by Gasteiger charge is -2.20. The first-order valence-corrected chi connectivity index (χ1v) is 11.9. The van der Waals surface area contributed by atoms with Crippen molar-refractivity contribution < 1.29 is 10.2 Å². The van der Waals surface area contributed by atoms with Crippen molar-refractivity contribution in [3.8, 4) is 0 Å². The zero-order chi connectivity index (χ0) is 20.1. The molecule has 0 heterocycles. The number of hydrogen-bond donors (Lipinski definition) is 2. The normalized spacial score (nSPS) is 36.4. The Hall–Kier alpha value is -0.640. The molecule has 0 aliphatic heterocycles. The number of nitrogens with zero attached hydrogens (tertiary/aromatic N) is 1. The SMILES string of the molecule is CCC1CCC([C@H](O)C=C[C@@H]2[C@H]3CC(CCCCCN(C)C)=C[C@H]3C[C@H]2O)C1. The van der Waals surface area contributed by atoms with E-state index in [9.17, 15) is 10.2 Å². The first-order valence-electron chi connectivity index (χ1n) is 11.9. The van der Waals surface area contributed by atoms with Gasteiger partial charge in [-0.05, 0) is 89.3 Å². The second-order valence-corrected chi connectivity index (χ2v) is 10.1. The van der Waals surface area contributed by atoms with Crippen LogP contribution in [0.5, 0.6) is 0 Å². The molecule has 28 heavy (non-hydrogen) atoms. The Kier molecular flexibility index (Phi) is 8.20. The van der Waals surface area contributed by atoms with Crippen molar-refractivity contribution >= 4 is 0 Å². The van der Waals surface area contributed by atoms with Crippen molar-refractivity contribution in [2.24, 2.45) is 29.6 Å².